The maximum absolute atomic E-state index is 13.4. The SMILES string of the molecule is COC[C@H]1CCC(=O)N1c1ccc(C(=O)N2CCN(c3ncc(C)cc3C)CC2)c(S(C)(=O)=O)c1. The lowest BCUT2D eigenvalue weighted by atomic mass is 10.1. The number of piperazine rings is 1. The summed E-state index contributed by atoms with van der Waals surface area (Å²) in [5, 5.41) is 0. The molecule has 2 saturated heterocycles. The largest absolute Gasteiger partial charge is 0.383 e. The van der Waals surface area contributed by atoms with Gasteiger partial charge in [0.1, 0.15) is 5.82 Å². The van der Waals surface area contributed by atoms with Crippen LogP contribution in [0.5, 0.6) is 0 Å². The number of benzene rings is 1. The number of aryl methyl sites for hydroxylation is 2. The Morgan fingerprint density at radius 2 is 1.86 bits per heavy atom. The number of rotatable bonds is 6. The van der Waals surface area contributed by atoms with E-state index in [-0.39, 0.29) is 28.3 Å². The fourth-order valence-electron chi connectivity index (χ4n) is 4.92. The van der Waals surface area contributed by atoms with Crippen molar-refractivity contribution in [3.63, 3.8) is 0 Å². The number of hydrogen-bond acceptors (Lipinski definition) is 7. The summed E-state index contributed by atoms with van der Waals surface area (Å²) in [5.74, 6) is 0.498. The first-order valence-corrected chi connectivity index (χ1v) is 13.6. The molecule has 188 valence electrons. The van der Waals surface area contributed by atoms with Crippen molar-refractivity contribution in [2.75, 3.05) is 56.0 Å². The van der Waals surface area contributed by atoms with Crippen LogP contribution in [-0.4, -0.2) is 82.3 Å². The molecule has 1 atom stereocenters. The van der Waals surface area contributed by atoms with E-state index in [9.17, 15) is 18.0 Å². The van der Waals surface area contributed by atoms with E-state index in [1.165, 1.54) is 12.1 Å². The third-order valence-electron chi connectivity index (χ3n) is 6.61. The second-order valence-electron chi connectivity index (χ2n) is 9.30. The van der Waals surface area contributed by atoms with Crippen LogP contribution >= 0.6 is 0 Å². The Labute approximate surface area is 206 Å². The van der Waals surface area contributed by atoms with Crippen molar-refractivity contribution < 1.29 is 22.7 Å². The summed E-state index contributed by atoms with van der Waals surface area (Å²) in [5.41, 5.74) is 2.78. The standard InChI is InChI=1S/C25H32N4O5S/c1-17-13-18(2)24(26-15-17)27-9-11-28(12-10-27)25(31)21-7-5-19(14-22(21)35(4,32)33)29-20(16-34-3)6-8-23(29)30/h5,7,13-15,20H,6,8-12,16H2,1-4H3/t20-/m1/s1. The monoisotopic (exact) mass is 500 g/mol. The lowest BCUT2D eigenvalue weighted by Gasteiger charge is -2.36. The summed E-state index contributed by atoms with van der Waals surface area (Å²) in [6.07, 6.45) is 3.94. The second kappa shape index (κ2) is 9.94. The van der Waals surface area contributed by atoms with Crippen LogP contribution in [0.1, 0.15) is 34.3 Å². The highest BCUT2D eigenvalue weighted by atomic mass is 32.2. The molecule has 2 aliphatic rings. The van der Waals surface area contributed by atoms with Gasteiger partial charge >= 0.3 is 0 Å². The van der Waals surface area contributed by atoms with Crippen molar-refractivity contribution in [2.24, 2.45) is 0 Å². The van der Waals surface area contributed by atoms with E-state index in [0.29, 0.717) is 51.3 Å². The molecule has 4 rings (SSSR count). The fourth-order valence-corrected chi connectivity index (χ4v) is 5.81. The van der Waals surface area contributed by atoms with Gasteiger partial charge in [0.15, 0.2) is 9.84 Å². The normalized spacial score (nSPS) is 18.9. The molecule has 1 aromatic heterocycles. The minimum atomic E-state index is -3.72. The van der Waals surface area contributed by atoms with Gasteiger partial charge in [-0.1, -0.05) is 6.07 Å². The summed E-state index contributed by atoms with van der Waals surface area (Å²) in [4.78, 5) is 35.8. The molecule has 0 aliphatic carbocycles. The Bertz CT molecular complexity index is 1240. The number of amides is 2. The fraction of sp³-hybridized carbons (Fsp3) is 0.480. The molecule has 0 saturated carbocycles. The maximum Gasteiger partial charge on any atom is 0.255 e. The van der Waals surface area contributed by atoms with Crippen LogP contribution in [0, 0.1) is 13.8 Å². The van der Waals surface area contributed by atoms with E-state index in [2.05, 4.69) is 16.0 Å². The summed E-state index contributed by atoms with van der Waals surface area (Å²) in [7, 11) is -2.15. The van der Waals surface area contributed by atoms with Crippen LogP contribution in [0.4, 0.5) is 11.5 Å². The highest BCUT2D eigenvalue weighted by Gasteiger charge is 2.34. The summed E-state index contributed by atoms with van der Waals surface area (Å²) < 4.78 is 30.6. The lowest BCUT2D eigenvalue weighted by Crippen LogP contribution is -2.49. The molecule has 0 spiro atoms. The highest BCUT2D eigenvalue weighted by molar-refractivity contribution is 7.90. The van der Waals surface area contributed by atoms with Crippen LogP contribution < -0.4 is 9.80 Å². The van der Waals surface area contributed by atoms with Gasteiger partial charge in [-0.05, 0) is 49.6 Å². The number of carbonyl (C=O) groups excluding carboxylic acids is 2. The molecule has 10 heteroatoms. The number of anilines is 2. The molecular weight excluding hydrogens is 468 g/mol. The predicted octanol–water partition coefficient (Wildman–Crippen LogP) is 2.21. The van der Waals surface area contributed by atoms with Gasteiger partial charge in [-0.15, -0.1) is 0 Å². The zero-order valence-corrected chi connectivity index (χ0v) is 21.5. The molecule has 2 aliphatic heterocycles. The van der Waals surface area contributed by atoms with Crippen molar-refractivity contribution >= 4 is 33.2 Å². The smallest absolute Gasteiger partial charge is 0.255 e. The van der Waals surface area contributed by atoms with Gasteiger partial charge in [0.05, 0.1) is 23.1 Å². The van der Waals surface area contributed by atoms with Crippen molar-refractivity contribution in [1.29, 1.82) is 0 Å². The summed E-state index contributed by atoms with van der Waals surface area (Å²) in [6, 6.07) is 6.56. The first-order chi connectivity index (χ1) is 16.6. The van der Waals surface area contributed by atoms with Crippen LogP contribution in [0.2, 0.25) is 0 Å². The van der Waals surface area contributed by atoms with Gasteiger partial charge < -0.3 is 19.4 Å². The van der Waals surface area contributed by atoms with Crippen molar-refractivity contribution in [3.05, 3.63) is 47.2 Å². The number of pyridine rings is 1. The molecule has 2 aromatic rings. The molecular formula is C25H32N4O5S. The van der Waals surface area contributed by atoms with Gasteiger partial charge in [-0.3, -0.25) is 9.59 Å². The predicted molar refractivity (Wildman–Crippen MR) is 134 cm³/mol. The zero-order valence-electron chi connectivity index (χ0n) is 20.7. The van der Waals surface area contributed by atoms with E-state index in [1.807, 2.05) is 20.0 Å². The summed E-state index contributed by atoms with van der Waals surface area (Å²) >= 11 is 0. The lowest BCUT2D eigenvalue weighted by molar-refractivity contribution is -0.117. The second-order valence-corrected chi connectivity index (χ2v) is 11.3. The number of nitrogens with zero attached hydrogens (tertiary/aromatic N) is 4. The molecule has 0 radical (unpaired) electrons. The van der Waals surface area contributed by atoms with Crippen LogP contribution in [0.3, 0.4) is 0 Å². The van der Waals surface area contributed by atoms with Crippen molar-refractivity contribution in [2.45, 2.75) is 37.6 Å². The maximum atomic E-state index is 13.4. The minimum absolute atomic E-state index is 0.0608. The Morgan fingerprint density at radius 1 is 1.14 bits per heavy atom. The number of sulfone groups is 1. The molecule has 1 aromatic carbocycles. The van der Waals surface area contributed by atoms with E-state index in [4.69, 9.17) is 4.74 Å². The number of ether oxygens (including phenoxy) is 1. The van der Waals surface area contributed by atoms with E-state index >= 15 is 0 Å². The molecule has 35 heavy (non-hydrogen) atoms. The first-order valence-electron chi connectivity index (χ1n) is 11.7. The van der Waals surface area contributed by atoms with Crippen LogP contribution in [0.25, 0.3) is 0 Å². The van der Waals surface area contributed by atoms with Crippen LogP contribution in [-0.2, 0) is 19.4 Å². The Balaban J connectivity index is 1.56. The Hall–Kier alpha value is -2.98. The average Bonchev–Trinajstić information content (AvgIpc) is 3.18. The number of hydrogen-bond donors (Lipinski definition) is 0. The van der Waals surface area contributed by atoms with Gasteiger partial charge in [0.25, 0.3) is 5.91 Å². The number of carbonyl (C=O) groups is 2. The zero-order chi connectivity index (χ0) is 25.3. The first kappa shape index (κ1) is 25.1. The molecule has 3 heterocycles. The molecule has 2 fully saturated rings. The van der Waals surface area contributed by atoms with Crippen LogP contribution in [0.15, 0.2) is 35.4 Å². The third-order valence-corrected chi connectivity index (χ3v) is 7.75. The topological polar surface area (TPSA) is 100 Å². The number of methoxy groups -OCH3 is 1. The average molecular weight is 501 g/mol. The Kier molecular flexibility index (Phi) is 7.14. The third kappa shape index (κ3) is 5.18. The highest BCUT2D eigenvalue weighted by Crippen LogP contribution is 2.31. The molecule has 2 amide bonds. The van der Waals surface area contributed by atoms with Gasteiger partial charge in [0, 0.05) is 57.8 Å². The Morgan fingerprint density at radius 3 is 2.49 bits per heavy atom. The van der Waals surface area contributed by atoms with Gasteiger partial charge in [-0.2, -0.15) is 0 Å². The van der Waals surface area contributed by atoms with Gasteiger partial charge in [0.2, 0.25) is 5.91 Å². The molecule has 0 N–H and O–H groups in total. The van der Waals surface area contributed by atoms with Crippen molar-refractivity contribution in [1.82, 2.24) is 9.88 Å². The van der Waals surface area contributed by atoms with E-state index in [1.54, 1.807) is 23.0 Å². The number of aromatic nitrogens is 1. The van der Waals surface area contributed by atoms with E-state index < -0.39 is 9.84 Å². The summed E-state index contributed by atoms with van der Waals surface area (Å²) in [6.45, 7) is 6.52. The molecule has 0 bridgehead atoms. The van der Waals surface area contributed by atoms with E-state index in [0.717, 1.165) is 23.2 Å². The molecule has 0 unspecified atom stereocenters. The van der Waals surface area contributed by atoms with Gasteiger partial charge in [-0.25, -0.2) is 13.4 Å². The minimum Gasteiger partial charge on any atom is -0.383 e. The quantitative estimate of drug-likeness (QED) is 0.600. The molecule has 9 nitrogen and oxygen atoms in total. The van der Waals surface area contributed by atoms with Crippen molar-refractivity contribution in [3.8, 4) is 0 Å².